The van der Waals surface area contributed by atoms with E-state index < -0.39 is 0 Å². The van der Waals surface area contributed by atoms with Crippen LogP contribution in [0.4, 0.5) is 0 Å². The van der Waals surface area contributed by atoms with Gasteiger partial charge in [0.15, 0.2) is 0 Å². The summed E-state index contributed by atoms with van der Waals surface area (Å²) in [4.78, 5) is 29.4. The van der Waals surface area contributed by atoms with Crippen molar-refractivity contribution in [2.45, 2.75) is 18.8 Å². The molecule has 2 aromatic heterocycles. The first-order valence-electron chi connectivity index (χ1n) is 8.43. The van der Waals surface area contributed by atoms with Crippen LogP contribution in [-0.4, -0.2) is 64.8 Å². The Bertz CT molecular complexity index is 806. The minimum absolute atomic E-state index is 0. The second kappa shape index (κ2) is 7.55. The molecule has 2 fully saturated rings. The zero-order valence-corrected chi connectivity index (χ0v) is 14.7. The molecule has 2 aromatic rings. The van der Waals surface area contributed by atoms with Crippen LogP contribution in [0.5, 0.6) is 0 Å². The molecule has 2 N–H and O–H groups in total. The smallest absolute Gasteiger partial charge is 0.259 e. The first kappa shape index (κ1) is 17.9. The van der Waals surface area contributed by atoms with Crippen molar-refractivity contribution in [2.24, 2.45) is 0 Å². The third-order valence-electron chi connectivity index (χ3n) is 4.82. The van der Waals surface area contributed by atoms with Crippen LogP contribution in [0.25, 0.3) is 5.65 Å². The Balaban J connectivity index is 0.00000182. The number of carbonyl (C=O) groups is 1. The monoisotopic (exact) mass is 367 g/mol. The van der Waals surface area contributed by atoms with Gasteiger partial charge in [-0.25, -0.2) is 4.52 Å². The van der Waals surface area contributed by atoms with E-state index in [1.165, 1.54) is 0 Å². The lowest BCUT2D eigenvalue weighted by atomic mass is 9.94. The molecule has 0 radical (unpaired) electrons. The predicted octanol–water partition coefficient (Wildman–Crippen LogP) is 0.384. The quantitative estimate of drug-likeness (QED) is 0.801. The number of aromatic amines is 1. The van der Waals surface area contributed by atoms with E-state index in [9.17, 15) is 9.59 Å². The first-order chi connectivity index (χ1) is 11.7. The molecule has 2 saturated heterocycles. The summed E-state index contributed by atoms with van der Waals surface area (Å²) in [6, 6.07) is 1.61. The SMILES string of the molecule is Cl.O=C(c1cnn2c(C3CCNCC3)cc(=O)[nH]c12)N1CCOCC1. The molecular formula is C16H22ClN5O3. The molecule has 0 bridgehead atoms. The normalized spacial score (nSPS) is 19.0. The lowest BCUT2D eigenvalue weighted by Gasteiger charge is -2.26. The summed E-state index contributed by atoms with van der Waals surface area (Å²) >= 11 is 0. The molecule has 0 saturated carbocycles. The maximum Gasteiger partial charge on any atom is 0.259 e. The van der Waals surface area contributed by atoms with Gasteiger partial charge in [0.25, 0.3) is 11.5 Å². The summed E-state index contributed by atoms with van der Waals surface area (Å²) in [5.74, 6) is 0.175. The Morgan fingerprint density at radius 3 is 2.68 bits per heavy atom. The highest BCUT2D eigenvalue weighted by Gasteiger charge is 2.25. The van der Waals surface area contributed by atoms with Crippen molar-refractivity contribution in [1.82, 2.24) is 24.8 Å². The summed E-state index contributed by atoms with van der Waals surface area (Å²) in [5.41, 5.74) is 1.64. The zero-order valence-electron chi connectivity index (χ0n) is 13.9. The fraction of sp³-hybridized carbons (Fsp3) is 0.562. The number of fused-ring (bicyclic) bond motifs is 1. The fourth-order valence-corrected chi connectivity index (χ4v) is 3.51. The first-order valence-corrected chi connectivity index (χ1v) is 8.43. The van der Waals surface area contributed by atoms with Crippen LogP contribution in [0, 0.1) is 0 Å². The highest BCUT2D eigenvalue weighted by molar-refractivity contribution is 5.99. The lowest BCUT2D eigenvalue weighted by molar-refractivity contribution is 0.0304. The Kier molecular flexibility index (Phi) is 5.41. The largest absolute Gasteiger partial charge is 0.378 e. The number of carbonyl (C=O) groups excluding carboxylic acids is 1. The van der Waals surface area contributed by atoms with Crippen LogP contribution < -0.4 is 10.9 Å². The molecule has 9 heteroatoms. The average Bonchev–Trinajstić information content (AvgIpc) is 3.05. The van der Waals surface area contributed by atoms with Gasteiger partial charge < -0.3 is 19.9 Å². The van der Waals surface area contributed by atoms with E-state index in [-0.39, 0.29) is 29.8 Å². The van der Waals surface area contributed by atoms with Crippen molar-refractivity contribution in [3.63, 3.8) is 0 Å². The number of ether oxygens (including phenoxy) is 1. The molecule has 8 nitrogen and oxygen atoms in total. The van der Waals surface area contributed by atoms with E-state index in [1.807, 2.05) is 0 Å². The predicted molar refractivity (Wildman–Crippen MR) is 94.6 cm³/mol. The summed E-state index contributed by atoms with van der Waals surface area (Å²) < 4.78 is 7.02. The van der Waals surface area contributed by atoms with E-state index in [2.05, 4.69) is 15.4 Å². The molecule has 25 heavy (non-hydrogen) atoms. The minimum atomic E-state index is -0.187. The van der Waals surface area contributed by atoms with E-state index in [4.69, 9.17) is 4.74 Å². The minimum Gasteiger partial charge on any atom is -0.378 e. The molecule has 4 rings (SSSR count). The molecule has 0 unspecified atom stereocenters. The van der Waals surface area contributed by atoms with Crippen LogP contribution in [0.15, 0.2) is 17.1 Å². The molecule has 0 spiro atoms. The summed E-state index contributed by atoms with van der Waals surface area (Å²) in [6.07, 6.45) is 3.49. The van der Waals surface area contributed by atoms with Gasteiger partial charge >= 0.3 is 0 Å². The van der Waals surface area contributed by atoms with Crippen LogP contribution in [0.1, 0.15) is 34.8 Å². The van der Waals surface area contributed by atoms with Crippen molar-refractivity contribution in [3.8, 4) is 0 Å². The number of rotatable bonds is 2. The van der Waals surface area contributed by atoms with Gasteiger partial charge in [-0.15, -0.1) is 12.4 Å². The molecule has 4 heterocycles. The number of halogens is 1. The topological polar surface area (TPSA) is 91.7 Å². The zero-order chi connectivity index (χ0) is 16.5. The van der Waals surface area contributed by atoms with Gasteiger partial charge in [-0.05, 0) is 25.9 Å². The van der Waals surface area contributed by atoms with Crippen LogP contribution in [0.3, 0.4) is 0 Å². The van der Waals surface area contributed by atoms with Gasteiger partial charge in [0.1, 0.15) is 11.2 Å². The van der Waals surface area contributed by atoms with Crippen molar-refractivity contribution in [3.05, 3.63) is 33.9 Å². The molecule has 2 aliphatic heterocycles. The van der Waals surface area contributed by atoms with Gasteiger partial charge in [0, 0.05) is 25.1 Å². The van der Waals surface area contributed by atoms with Crippen molar-refractivity contribution < 1.29 is 9.53 Å². The van der Waals surface area contributed by atoms with Gasteiger partial charge in [0.2, 0.25) is 0 Å². The maximum absolute atomic E-state index is 12.8. The molecule has 0 aromatic carbocycles. The molecule has 2 aliphatic rings. The van der Waals surface area contributed by atoms with Crippen LogP contribution in [0.2, 0.25) is 0 Å². The molecule has 0 aliphatic carbocycles. The highest BCUT2D eigenvalue weighted by Crippen LogP contribution is 2.25. The van der Waals surface area contributed by atoms with Crippen molar-refractivity contribution in [2.75, 3.05) is 39.4 Å². The Morgan fingerprint density at radius 1 is 1.24 bits per heavy atom. The van der Waals surface area contributed by atoms with E-state index in [0.717, 1.165) is 31.6 Å². The average molecular weight is 368 g/mol. The molecule has 1 amide bonds. The summed E-state index contributed by atoms with van der Waals surface area (Å²) in [5, 5.41) is 7.72. The van der Waals surface area contributed by atoms with E-state index in [0.29, 0.717) is 37.5 Å². The highest BCUT2D eigenvalue weighted by atomic mass is 35.5. The number of hydrogen-bond acceptors (Lipinski definition) is 5. The second-order valence-corrected chi connectivity index (χ2v) is 6.31. The van der Waals surface area contributed by atoms with Gasteiger partial charge in [0.05, 0.1) is 25.1 Å². The van der Waals surface area contributed by atoms with Gasteiger partial charge in [-0.3, -0.25) is 9.59 Å². The third-order valence-corrected chi connectivity index (χ3v) is 4.82. The molecular weight excluding hydrogens is 346 g/mol. The van der Waals surface area contributed by atoms with Crippen molar-refractivity contribution >= 4 is 24.0 Å². The van der Waals surface area contributed by atoms with Crippen LogP contribution >= 0.6 is 12.4 Å². The Morgan fingerprint density at radius 2 is 1.96 bits per heavy atom. The summed E-state index contributed by atoms with van der Waals surface area (Å²) in [6.45, 7) is 4.08. The number of aromatic nitrogens is 3. The second-order valence-electron chi connectivity index (χ2n) is 6.31. The van der Waals surface area contributed by atoms with Gasteiger partial charge in [-0.2, -0.15) is 5.10 Å². The summed E-state index contributed by atoms with van der Waals surface area (Å²) in [7, 11) is 0. The number of piperidine rings is 1. The number of H-pyrrole nitrogens is 1. The number of nitrogens with one attached hydrogen (secondary N) is 2. The molecule has 0 atom stereocenters. The third kappa shape index (κ3) is 3.42. The van der Waals surface area contributed by atoms with E-state index in [1.54, 1.807) is 21.7 Å². The fourth-order valence-electron chi connectivity index (χ4n) is 3.51. The molecule has 136 valence electrons. The van der Waals surface area contributed by atoms with Crippen molar-refractivity contribution in [1.29, 1.82) is 0 Å². The number of hydrogen-bond donors (Lipinski definition) is 2. The maximum atomic E-state index is 12.8. The Labute approximate surface area is 150 Å². The number of amides is 1. The number of nitrogens with zero attached hydrogens (tertiary/aromatic N) is 3. The van der Waals surface area contributed by atoms with E-state index >= 15 is 0 Å². The lowest BCUT2D eigenvalue weighted by Crippen LogP contribution is -2.40. The number of morpholine rings is 1. The Hall–Kier alpha value is -1.90. The standard InChI is InChI=1S/C16H21N5O3.ClH/c22-14-9-13(11-1-3-17-4-2-11)21-15(19-14)12(10-18-21)16(23)20-5-7-24-8-6-20;/h9-11,17H,1-8H2,(H,19,22);1H. The van der Waals surface area contributed by atoms with Gasteiger partial charge in [-0.1, -0.05) is 0 Å². The van der Waals surface area contributed by atoms with Crippen LogP contribution in [-0.2, 0) is 4.74 Å².